The number of aliphatic carboxylic acids is 1. The van der Waals surface area contributed by atoms with E-state index >= 15 is 0 Å². The first-order chi connectivity index (χ1) is 13.5. The van der Waals surface area contributed by atoms with E-state index in [4.69, 9.17) is 15.9 Å². The van der Waals surface area contributed by atoms with Crippen LogP contribution in [0.3, 0.4) is 0 Å². The summed E-state index contributed by atoms with van der Waals surface area (Å²) in [5.41, 5.74) is 5.32. The first-order valence-corrected chi connectivity index (χ1v) is 8.48. The highest BCUT2D eigenvalue weighted by Gasteiger charge is 2.21. The van der Waals surface area contributed by atoms with E-state index in [2.05, 4.69) is 21.3 Å². The second-order valence-electron chi connectivity index (χ2n) is 5.93. The molecule has 0 rings (SSSR count). The van der Waals surface area contributed by atoms with Crippen molar-refractivity contribution in [2.45, 2.75) is 32.0 Å². The third kappa shape index (κ3) is 11.2. The Labute approximate surface area is 165 Å². The van der Waals surface area contributed by atoms with Gasteiger partial charge in [-0.3, -0.25) is 28.8 Å². The van der Waals surface area contributed by atoms with Gasteiger partial charge in [-0.25, -0.2) is 0 Å². The van der Waals surface area contributed by atoms with Crippen LogP contribution in [0.2, 0.25) is 0 Å². The Balaban J connectivity index is 4.34. The summed E-state index contributed by atoms with van der Waals surface area (Å²) in [6, 6.07) is -3.23. The number of rotatable bonds is 12. The molecule has 9 N–H and O–H groups in total. The lowest BCUT2D eigenvalue weighted by atomic mass is 10.2. The van der Waals surface area contributed by atoms with Crippen molar-refractivity contribution in [2.75, 3.05) is 26.2 Å². The maximum Gasteiger partial charge on any atom is 0.322 e. The maximum atomic E-state index is 11.9. The zero-order chi connectivity index (χ0) is 22.6. The lowest BCUT2D eigenvalue weighted by Gasteiger charge is -2.17. The van der Waals surface area contributed by atoms with Crippen LogP contribution in [0.15, 0.2) is 0 Å². The lowest BCUT2D eigenvalue weighted by Crippen LogP contribution is -2.53. The average molecular weight is 418 g/mol. The predicted octanol–water partition coefficient (Wildman–Crippen LogP) is -5.25. The summed E-state index contributed by atoms with van der Waals surface area (Å²) in [4.78, 5) is 68.6. The largest absolute Gasteiger partial charge is 0.480 e. The molecule has 14 heteroatoms. The molecule has 5 amide bonds. The highest BCUT2D eigenvalue weighted by molar-refractivity contribution is 5.93. The van der Waals surface area contributed by atoms with Crippen LogP contribution in [0.25, 0.3) is 0 Å². The molecule has 0 unspecified atom stereocenters. The van der Waals surface area contributed by atoms with Crippen molar-refractivity contribution in [3.8, 4) is 0 Å². The van der Waals surface area contributed by atoms with E-state index in [0.29, 0.717) is 0 Å². The number of carboxylic acid groups (broad SMARTS) is 1. The van der Waals surface area contributed by atoms with Crippen molar-refractivity contribution in [1.29, 1.82) is 0 Å². The third-order valence-electron chi connectivity index (χ3n) is 3.28. The minimum absolute atomic E-state index is 0.387. The van der Waals surface area contributed by atoms with Crippen LogP contribution >= 0.6 is 0 Å². The number of nitrogens with two attached hydrogens (primary N) is 1. The molecule has 164 valence electrons. The highest BCUT2D eigenvalue weighted by atomic mass is 16.4. The van der Waals surface area contributed by atoms with Crippen LogP contribution in [-0.2, 0) is 28.8 Å². The van der Waals surface area contributed by atoms with Crippen molar-refractivity contribution < 1.29 is 39.0 Å². The van der Waals surface area contributed by atoms with Crippen molar-refractivity contribution in [2.24, 2.45) is 5.73 Å². The van der Waals surface area contributed by atoms with Gasteiger partial charge in [0.05, 0.1) is 25.7 Å². The fraction of sp³-hybridized carbons (Fsp3) is 0.600. The standard InChI is InChI=1S/C15H26N6O8/c1-7(16)13(27)17-3-10(23)20-8(2)14(28)18-4-11(24)21-9(6-22)15(29)19-5-12(25)26/h7-9,22H,3-6,16H2,1-2H3,(H,17,27)(H,18,28)(H,19,29)(H,20,23)(H,21,24)(H,25,26)/t7-,8-,9-/m0/s1. The van der Waals surface area contributed by atoms with Gasteiger partial charge < -0.3 is 42.5 Å². The number of nitrogens with one attached hydrogen (secondary N) is 5. The number of aliphatic hydroxyl groups excluding tert-OH is 1. The fourth-order valence-corrected chi connectivity index (χ4v) is 1.73. The Morgan fingerprint density at radius 2 is 1.28 bits per heavy atom. The molecular formula is C15H26N6O8. The maximum absolute atomic E-state index is 11.9. The molecule has 0 aromatic carbocycles. The molecule has 0 heterocycles. The SMILES string of the molecule is C[C@H](N)C(=O)NCC(=O)N[C@@H](C)C(=O)NCC(=O)N[C@@H](CO)C(=O)NCC(=O)O. The van der Waals surface area contributed by atoms with Gasteiger partial charge in [0.15, 0.2) is 0 Å². The Bertz CT molecular complexity index is 638. The van der Waals surface area contributed by atoms with Crippen molar-refractivity contribution in [1.82, 2.24) is 26.6 Å². The fourth-order valence-electron chi connectivity index (χ4n) is 1.73. The Morgan fingerprint density at radius 3 is 1.76 bits per heavy atom. The summed E-state index contributed by atoms with van der Waals surface area (Å²) in [6.07, 6.45) is 0. The van der Waals surface area contributed by atoms with E-state index in [1.165, 1.54) is 13.8 Å². The number of carbonyl (C=O) groups excluding carboxylic acids is 5. The average Bonchev–Trinajstić information content (AvgIpc) is 2.65. The molecule has 0 aromatic heterocycles. The monoisotopic (exact) mass is 418 g/mol. The van der Waals surface area contributed by atoms with E-state index in [9.17, 15) is 28.8 Å². The van der Waals surface area contributed by atoms with Gasteiger partial charge in [0.25, 0.3) is 0 Å². The number of amides is 5. The number of hydrogen-bond donors (Lipinski definition) is 8. The van der Waals surface area contributed by atoms with Gasteiger partial charge in [-0.15, -0.1) is 0 Å². The van der Waals surface area contributed by atoms with Crippen LogP contribution in [0.1, 0.15) is 13.8 Å². The summed E-state index contributed by atoms with van der Waals surface area (Å²) in [6.45, 7) is 0.347. The Kier molecular flexibility index (Phi) is 11.5. The van der Waals surface area contributed by atoms with Crippen LogP contribution in [0.4, 0.5) is 0 Å². The number of carboxylic acids is 1. The van der Waals surface area contributed by atoms with Crippen LogP contribution in [0, 0.1) is 0 Å². The minimum atomic E-state index is -1.40. The molecule has 0 saturated heterocycles. The summed E-state index contributed by atoms with van der Waals surface area (Å²) >= 11 is 0. The molecule has 3 atom stereocenters. The molecule has 0 spiro atoms. The molecule has 0 saturated carbocycles. The topological polar surface area (TPSA) is 229 Å². The van der Waals surface area contributed by atoms with Gasteiger partial charge in [0, 0.05) is 0 Å². The van der Waals surface area contributed by atoms with Crippen LogP contribution < -0.4 is 32.3 Å². The summed E-state index contributed by atoms with van der Waals surface area (Å²) < 4.78 is 0. The molecule has 0 aliphatic rings. The second kappa shape index (κ2) is 13.0. The number of hydrogen-bond acceptors (Lipinski definition) is 8. The van der Waals surface area contributed by atoms with Crippen molar-refractivity contribution in [3.63, 3.8) is 0 Å². The van der Waals surface area contributed by atoms with Crippen LogP contribution in [-0.4, -0.2) is 90.1 Å². The van der Waals surface area contributed by atoms with Gasteiger partial charge in [-0.05, 0) is 13.8 Å². The molecular weight excluding hydrogens is 392 g/mol. The van der Waals surface area contributed by atoms with Gasteiger partial charge in [0.1, 0.15) is 18.6 Å². The zero-order valence-electron chi connectivity index (χ0n) is 16.0. The van der Waals surface area contributed by atoms with E-state index < -0.39 is 73.3 Å². The van der Waals surface area contributed by atoms with Gasteiger partial charge in [-0.1, -0.05) is 0 Å². The molecule has 0 aliphatic heterocycles. The molecule has 29 heavy (non-hydrogen) atoms. The summed E-state index contributed by atoms with van der Waals surface area (Å²) in [5.74, 6) is -4.96. The van der Waals surface area contributed by atoms with E-state index in [1.807, 2.05) is 5.32 Å². The molecule has 0 fully saturated rings. The first-order valence-electron chi connectivity index (χ1n) is 8.48. The van der Waals surface area contributed by atoms with Gasteiger partial charge in [0.2, 0.25) is 29.5 Å². The third-order valence-corrected chi connectivity index (χ3v) is 3.28. The Morgan fingerprint density at radius 1 is 0.793 bits per heavy atom. The molecule has 0 radical (unpaired) electrons. The minimum Gasteiger partial charge on any atom is -0.480 e. The molecule has 14 nitrogen and oxygen atoms in total. The van der Waals surface area contributed by atoms with Gasteiger partial charge in [-0.2, -0.15) is 0 Å². The number of aliphatic hydroxyl groups is 1. The first kappa shape index (κ1) is 25.7. The summed E-state index contributed by atoms with van der Waals surface area (Å²) in [5, 5.41) is 28.4. The van der Waals surface area contributed by atoms with E-state index in [-0.39, 0.29) is 6.54 Å². The second-order valence-corrected chi connectivity index (χ2v) is 5.93. The van der Waals surface area contributed by atoms with E-state index in [0.717, 1.165) is 0 Å². The summed E-state index contributed by atoms with van der Waals surface area (Å²) in [7, 11) is 0. The molecule has 0 aromatic rings. The number of carbonyl (C=O) groups is 6. The normalized spacial score (nSPS) is 13.2. The highest BCUT2D eigenvalue weighted by Crippen LogP contribution is 1.86. The smallest absolute Gasteiger partial charge is 0.322 e. The predicted molar refractivity (Wildman–Crippen MR) is 96.9 cm³/mol. The molecule has 0 aliphatic carbocycles. The zero-order valence-corrected chi connectivity index (χ0v) is 16.0. The lowest BCUT2D eigenvalue weighted by molar-refractivity contribution is -0.138. The van der Waals surface area contributed by atoms with Crippen LogP contribution in [0.5, 0.6) is 0 Å². The molecule has 0 bridgehead atoms. The van der Waals surface area contributed by atoms with Crippen molar-refractivity contribution in [3.05, 3.63) is 0 Å². The quantitative estimate of drug-likeness (QED) is 0.151. The van der Waals surface area contributed by atoms with E-state index in [1.54, 1.807) is 0 Å². The Hall–Kier alpha value is -3.26. The van der Waals surface area contributed by atoms with Crippen molar-refractivity contribution >= 4 is 35.5 Å². The van der Waals surface area contributed by atoms with Gasteiger partial charge >= 0.3 is 5.97 Å².